The summed E-state index contributed by atoms with van der Waals surface area (Å²) in [7, 11) is 1.61. The van der Waals surface area contributed by atoms with Crippen molar-refractivity contribution in [2.24, 2.45) is 0 Å². The normalized spacial score (nSPS) is 15.6. The first-order valence-corrected chi connectivity index (χ1v) is 12.6. The van der Waals surface area contributed by atoms with Crippen LogP contribution in [-0.4, -0.2) is 69.4 Å². The molecule has 4 aromatic rings. The van der Waals surface area contributed by atoms with E-state index in [1.165, 1.54) is 17.5 Å². The molecular formula is C28H32N6O3. The van der Waals surface area contributed by atoms with Gasteiger partial charge < -0.3 is 25.0 Å². The zero-order valence-electron chi connectivity index (χ0n) is 21.1. The Morgan fingerprint density at radius 1 is 1.19 bits per heavy atom. The van der Waals surface area contributed by atoms with E-state index in [1.54, 1.807) is 25.7 Å². The summed E-state index contributed by atoms with van der Waals surface area (Å²) < 4.78 is 5.05. The maximum Gasteiger partial charge on any atom is 0.259 e. The number of likely N-dealkylation sites (tertiary alicyclic amines) is 1. The van der Waals surface area contributed by atoms with E-state index in [1.807, 2.05) is 12.1 Å². The molecule has 0 spiro atoms. The van der Waals surface area contributed by atoms with Crippen LogP contribution in [0.1, 0.15) is 29.9 Å². The van der Waals surface area contributed by atoms with Crippen molar-refractivity contribution in [1.82, 2.24) is 24.8 Å². The SMILES string of the molecule is COCC(O)CN1CCC(c2ccc(Nc3nc(-c4cncnc4)cc4cc[nH]c(=O)c34)cc2C)CC1. The molecule has 0 bridgehead atoms. The average molecular weight is 501 g/mol. The molecule has 1 fully saturated rings. The Morgan fingerprint density at radius 2 is 1.97 bits per heavy atom. The van der Waals surface area contributed by atoms with Gasteiger partial charge in [0.2, 0.25) is 0 Å². The van der Waals surface area contributed by atoms with Gasteiger partial charge in [0.15, 0.2) is 0 Å². The number of pyridine rings is 2. The number of piperidine rings is 1. The zero-order chi connectivity index (χ0) is 25.8. The predicted molar refractivity (Wildman–Crippen MR) is 144 cm³/mol. The molecule has 37 heavy (non-hydrogen) atoms. The Labute approximate surface area is 215 Å². The first kappa shape index (κ1) is 25.0. The van der Waals surface area contributed by atoms with Crippen LogP contribution in [0.4, 0.5) is 11.5 Å². The second kappa shape index (κ2) is 11.2. The molecule has 9 nitrogen and oxygen atoms in total. The number of aryl methyl sites for hydroxylation is 1. The largest absolute Gasteiger partial charge is 0.389 e. The fraction of sp³-hybridized carbons (Fsp3) is 0.357. The lowest BCUT2D eigenvalue weighted by molar-refractivity contribution is 0.0320. The molecule has 0 saturated carbocycles. The number of anilines is 2. The molecule has 0 radical (unpaired) electrons. The number of ether oxygens (including phenoxy) is 1. The van der Waals surface area contributed by atoms with Crippen LogP contribution in [0, 0.1) is 6.92 Å². The number of nitrogens with one attached hydrogen (secondary N) is 2. The molecule has 192 valence electrons. The van der Waals surface area contributed by atoms with Gasteiger partial charge in [0.05, 0.1) is 23.8 Å². The van der Waals surface area contributed by atoms with E-state index in [0.717, 1.165) is 42.6 Å². The van der Waals surface area contributed by atoms with E-state index in [2.05, 4.69) is 50.3 Å². The van der Waals surface area contributed by atoms with Crippen molar-refractivity contribution < 1.29 is 9.84 Å². The number of fused-ring (bicyclic) bond motifs is 1. The number of H-pyrrole nitrogens is 1. The van der Waals surface area contributed by atoms with E-state index >= 15 is 0 Å². The molecule has 0 aliphatic carbocycles. The van der Waals surface area contributed by atoms with Crippen LogP contribution in [0.15, 0.2) is 60.0 Å². The molecule has 1 atom stereocenters. The highest BCUT2D eigenvalue weighted by atomic mass is 16.5. The first-order chi connectivity index (χ1) is 18.0. The van der Waals surface area contributed by atoms with Gasteiger partial charge in [-0.1, -0.05) is 6.07 Å². The van der Waals surface area contributed by atoms with Crippen LogP contribution in [0.25, 0.3) is 22.0 Å². The van der Waals surface area contributed by atoms with E-state index in [-0.39, 0.29) is 5.56 Å². The summed E-state index contributed by atoms with van der Waals surface area (Å²) in [5.41, 5.74) is 4.69. The highest BCUT2D eigenvalue weighted by Crippen LogP contribution is 2.33. The monoisotopic (exact) mass is 500 g/mol. The lowest BCUT2D eigenvalue weighted by atomic mass is 9.86. The third kappa shape index (κ3) is 5.69. The van der Waals surface area contributed by atoms with Crippen LogP contribution in [-0.2, 0) is 4.74 Å². The number of hydrogen-bond acceptors (Lipinski definition) is 8. The third-order valence-electron chi connectivity index (χ3n) is 7.00. The molecule has 1 saturated heterocycles. The summed E-state index contributed by atoms with van der Waals surface area (Å²) in [5.74, 6) is 0.973. The van der Waals surface area contributed by atoms with Crippen molar-refractivity contribution >= 4 is 22.3 Å². The Balaban J connectivity index is 1.36. The molecule has 3 N–H and O–H groups in total. The predicted octanol–water partition coefficient (Wildman–Crippen LogP) is 3.62. The van der Waals surface area contributed by atoms with E-state index in [9.17, 15) is 9.90 Å². The number of aliphatic hydroxyl groups excluding tert-OH is 1. The fourth-order valence-corrected chi connectivity index (χ4v) is 5.20. The quantitative estimate of drug-likeness (QED) is 0.336. The van der Waals surface area contributed by atoms with Crippen molar-refractivity contribution in [2.75, 3.05) is 38.7 Å². The number of nitrogens with zero attached hydrogens (tertiary/aromatic N) is 4. The number of aromatic amines is 1. The summed E-state index contributed by atoms with van der Waals surface area (Å²) in [5, 5.41) is 14.7. The molecule has 1 aliphatic rings. The van der Waals surface area contributed by atoms with Crippen molar-refractivity contribution in [2.45, 2.75) is 31.8 Å². The van der Waals surface area contributed by atoms with Gasteiger partial charge in [-0.05, 0) is 79.6 Å². The number of β-amino-alcohol motifs (C(OH)–C–C–N with tert-alkyl or cyclic N) is 1. The Hall–Kier alpha value is -3.66. The third-order valence-corrected chi connectivity index (χ3v) is 7.00. The summed E-state index contributed by atoms with van der Waals surface area (Å²) in [4.78, 5) is 30.8. The van der Waals surface area contributed by atoms with E-state index in [0.29, 0.717) is 36.0 Å². The Kier molecular flexibility index (Phi) is 7.55. The van der Waals surface area contributed by atoms with Crippen molar-refractivity contribution in [3.63, 3.8) is 0 Å². The Bertz CT molecular complexity index is 1420. The molecule has 0 amide bonds. The molecule has 1 aromatic carbocycles. The molecular weight excluding hydrogens is 468 g/mol. The van der Waals surface area contributed by atoms with E-state index < -0.39 is 6.10 Å². The van der Waals surface area contributed by atoms with Crippen molar-refractivity contribution in [1.29, 1.82) is 0 Å². The number of benzene rings is 1. The summed E-state index contributed by atoms with van der Waals surface area (Å²) in [6, 6.07) is 10.1. The van der Waals surface area contributed by atoms with Crippen LogP contribution in [0.5, 0.6) is 0 Å². The van der Waals surface area contributed by atoms with Gasteiger partial charge in [-0.3, -0.25) is 4.79 Å². The van der Waals surface area contributed by atoms with Gasteiger partial charge in [0.25, 0.3) is 5.56 Å². The van der Waals surface area contributed by atoms with Gasteiger partial charge in [-0.2, -0.15) is 0 Å². The molecule has 4 heterocycles. The number of hydrogen-bond donors (Lipinski definition) is 3. The second-order valence-corrected chi connectivity index (χ2v) is 9.63. The lowest BCUT2D eigenvalue weighted by Gasteiger charge is -2.34. The maximum atomic E-state index is 12.7. The van der Waals surface area contributed by atoms with Gasteiger partial charge >= 0.3 is 0 Å². The van der Waals surface area contributed by atoms with E-state index in [4.69, 9.17) is 9.72 Å². The molecule has 3 aromatic heterocycles. The first-order valence-electron chi connectivity index (χ1n) is 12.6. The highest BCUT2D eigenvalue weighted by molar-refractivity contribution is 5.95. The zero-order valence-corrected chi connectivity index (χ0v) is 21.1. The Morgan fingerprint density at radius 3 is 2.70 bits per heavy atom. The number of aromatic nitrogens is 4. The summed E-state index contributed by atoms with van der Waals surface area (Å²) in [6.07, 6.45) is 8.20. The van der Waals surface area contributed by atoms with Crippen LogP contribution >= 0.6 is 0 Å². The highest BCUT2D eigenvalue weighted by Gasteiger charge is 2.23. The fourth-order valence-electron chi connectivity index (χ4n) is 5.20. The topological polar surface area (TPSA) is 116 Å². The molecule has 5 rings (SSSR count). The van der Waals surface area contributed by atoms with Crippen molar-refractivity contribution in [3.8, 4) is 11.3 Å². The molecule has 1 unspecified atom stereocenters. The van der Waals surface area contributed by atoms with Crippen LogP contribution in [0.3, 0.4) is 0 Å². The summed E-state index contributed by atoms with van der Waals surface area (Å²) >= 11 is 0. The smallest absolute Gasteiger partial charge is 0.259 e. The summed E-state index contributed by atoms with van der Waals surface area (Å²) in [6.45, 7) is 5.06. The maximum absolute atomic E-state index is 12.7. The van der Waals surface area contributed by atoms with Crippen LogP contribution < -0.4 is 10.9 Å². The van der Waals surface area contributed by atoms with Crippen LogP contribution in [0.2, 0.25) is 0 Å². The minimum atomic E-state index is -0.446. The molecule has 1 aliphatic heterocycles. The average Bonchev–Trinajstić information content (AvgIpc) is 2.90. The van der Waals surface area contributed by atoms with Gasteiger partial charge in [0.1, 0.15) is 12.1 Å². The van der Waals surface area contributed by atoms with Gasteiger partial charge in [-0.25, -0.2) is 15.0 Å². The van der Waals surface area contributed by atoms with Gasteiger partial charge in [-0.15, -0.1) is 0 Å². The standard InChI is InChI=1S/C28H32N6O3/c1-18-11-22(3-4-24(18)19-6-9-34(10-7-19)15-23(35)16-37-2)32-27-26-20(5-8-31-28(26)36)12-25(33-27)21-13-29-17-30-14-21/h3-5,8,11-14,17,19,23,35H,6-7,9-10,15-16H2,1-2H3,(H,31,36)(H,32,33). The van der Waals surface area contributed by atoms with Gasteiger partial charge in [0, 0.05) is 43.5 Å². The number of aliphatic hydroxyl groups is 1. The minimum absolute atomic E-state index is 0.195. The lowest BCUT2D eigenvalue weighted by Crippen LogP contribution is -2.39. The second-order valence-electron chi connectivity index (χ2n) is 9.63. The molecule has 9 heteroatoms. The van der Waals surface area contributed by atoms with Crippen molar-refractivity contribution in [3.05, 3.63) is 76.7 Å². The number of rotatable bonds is 8. The number of methoxy groups -OCH3 is 1. The minimum Gasteiger partial charge on any atom is -0.389 e.